The number of methoxy groups -OCH3 is 1. The maximum Gasteiger partial charge on any atom is 0.345 e. The molecular formula is C17H19NO5. The molecule has 0 saturated heterocycles. The summed E-state index contributed by atoms with van der Waals surface area (Å²) in [7, 11) is 1.46. The molecule has 1 aliphatic rings. The molecule has 6 nitrogen and oxygen atoms in total. The largest absolute Gasteiger partial charge is 0.493 e. The number of hydrogen-bond acceptors (Lipinski definition) is 5. The molecule has 2 aromatic rings. The SMILES string of the molecule is COc1cccc2c3c(c(=O)oc12)C(C)(O)N(C(C)(C)C)C3=O. The van der Waals surface area contributed by atoms with Gasteiger partial charge in [0.1, 0.15) is 5.56 Å². The Kier molecular flexibility index (Phi) is 3.10. The minimum Gasteiger partial charge on any atom is -0.493 e. The van der Waals surface area contributed by atoms with Crippen molar-refractivity contribution in [1.29, 1.82) is 0 Å². The van der Waals surface area contributed by atoms with Crippen LogP contribution in [-0.2, 0) is 5.72 Å². The zero-order valence-corrected chi connectivity index (χ0v) is 13.8. The van der Waals surface area contributed by atoms with E-state index in [0.717, 1.165) is 0 Å². The highest BCUT2D eigenvalue weighted by molar-refractivity contribution is 6.10. The van der Waals surface area contributed by atoms with Crippen LogP contribution in [0.25, 0.3) is 11.0 Å². The molecule has 0 fully saturated rings. The summed E-state index contributed by atoms with van der Waals surface area (Å²) in [4.78, 5) is 26.7. The van der Waals surface area contributed by atoms with Crippen LogP contribution in [0.15, 0.2) is 27.4 Å². The highest BCUT2D eigenvalue weighted by atomic mass is 16.5. The van der Waals surface area contributed by atoms with Crippen molar-refractivity contribution in [2.24, 2.45) is 0 Å². The summed E-state index contributed by atoms with van der Waals surface area (Å²) in [5.74, 6) is -0.0345. The average Bonchev–Trinajstić information content (AvgIpc) is 2.65. The molecule has 0 bridgehead atoms. The molecule has 0 saturated carbocycles. The van der Waals surface area contributed by atoms with E-state index in [1.54, 1.807) is 39.0 Å². The number of nitrogens with zero attached hydrogens (tertiary/aromatic N) is 1. The molecule has 23 heavy (non-hydrogen) atoms. The fraction of sp³-hybridized carbons (Fsp3) is 0.412. The Hall–Kier alpha value is -2.34. The Bertz CT molecular complexity index is 873. The van der Waals surface area contributed by atoms with Gasteiger partial charge < -0.3 is 19.2 Å². The molecule has 6 heteroatoms. The number of aliphatic hydroxyl groups is 1. The number of carbonyl (C=O) groups is 1. The van der Waals surface area contributed by atoms with Crippen molar-refractivity contribution in [3.63, 3.8) is 0 Å². The first kappa shape index (κ1) is 15.6. The van der Waals surface area contributed by atoms with Crippen LogP contribution in [0, 0.1) is 0 Å². The molecule has 0 aliphatic carbocycles. The molecule has 1 aromatic heterocycles. The summed E-state index contributed by atoms with van der Waals surface area (Å²) in [6.07, 6.45) is 0. The van der Waals surface area contributed by atoms with Crippen molar-refractivity contribution in [1.82, 2.24) is 4.90 Å². The highest BCUT2D eigenvalue weighted by Crippen LogP contribution is 2.43. The van der Waals surface area contributed by atoms with Crippen molar-refractivity contribution >= 4 is 16.9 Å². The molecule has 0 radical (unpaired) electrons. The van der Waals surface area contributed by atoms with Crippen LogP contribution in [0.4, 0.5) is 0 Å². The van der Waals surface area contributed by atoms with Crippen LogP contribution in [-0.4, -0.2) is 28.6 Å². The number of ether oxygens (including phenoxy) is 1. The van der Waals surface area contributed by atoms with Crippen molar-refractivity contribution in [3.8, 4) is 5.75 Å². The van der Waals surface area contributed by atoms with Crippen LogP contribution in [0.1, 0.15) is 43.6 Å². The van der Waals surface area contributed by atoms with Gasteiger partial charge in [0, 0.05) is 10.9 Å². The molecule has 1 atom stereocenters. The third-order valence-electron chi connectivity index (χ3n) is 4.11. The minimum absolute atomic E-state index is 0.0295. The summed E-state index contributed by atoms with van der Waals surface area (Å²) in [6, 6.07) is 5.04. The van der Waals surface area contributed by atoms with E-state index in [-0.39, 0.29) is 16.7 Å². The van der Waals surface area contributed by atoms with Crippen molar-refractivity contribution in [2.75, 3.05) is 7.11 Å². The molecule has 2 heterocycles. The van der Waals surface area contributed by atoms with E-state index in [1.807, 2.05) is 0 Å². The Labute approximate surface area is 133 Å². The maximum absolute atomic E-state index is 13.0. The predicted molar refractivity (Wildman–Crippen MR) is 84.5 cm³/mol. The molecule has 1 aromatic carbocycles. The summed E-state index contributed by atoms with van der Waals surface area (Å²) in [5.41, 5.74) is -2.78. The smallest absolute Gasteiger partial charge is 0.345 e. The van der Waals surface area contributed by atoms with Gasteiger partial charge >= 0.3 is 5.63 Å². The number of amides is 1. The van der Waals surface area contributed by atoms with Crippen LogP contribution in [0.3, 0.4) is 0 Å². The standard InChI is InChI=1S/C17H19NO5/c1-16(2,3)18-14(19)11-9-7-6-8-10(22-5)13(9)23-15(20)12(11)17(18,4)21/h6-8,21H,1-5H3. The van der Waals surface area contributed by atoms with Gasteiger partial charge in [-0.25, -0.2) is 4.79 Å². The molecule has 1 amide bonds. The first-order valence-corrected chi connectivity index (χ1v) is 7.32. The lowest BCUT2D eigenvalue weighted by atomic mass is 10.00. The molecule has 1 aliphatic heterocycles. The highest BCUT2D eigenvalue weighted by Gasteiger charge is 2.53. The molecule has 1 unspecified atom stereocenters. The quantitative estimate of drug-likeness (QED) is 0.816. The van der Waals surface area contributed by atoms with E-state index in [9.17, 15) is 14.7 Å². The summed E-state index contributed by atoms with van der Waals surface area (Å²) >= 11 is 0. The van der Waals surface area contributed by atoms with Gasteiger partial charge in [0.25, 0.3) is 5.91 Å². The van der Waals surface area contributed by atoms with Gasteiger partial charge in [-0.1, -0.05) is 12.1 Å². The molecule has 3 rings (SSSR count). The first-order chi connectivity index (χ1) is 10.6. The number of carbonyl (C=O) groups excluding carboxylic acids is 1. The van der Waals surface area contributed by atoms with E-state index >= 15 is 0 Å². The third-order valence-corrected chi connectivity index (χ3v) is 4.11. The van der Waals surface area contributed by atoms with Gasteiger partial charge in [0.2, 0.25) is 0 Å². The zero-order chi connectivity index (χ0) is 17.2. The monoisotopic (exact) mass is 317 g/mol. The molecular weight excluding hydrogens is 298 g/mol. The predicted octanol–water partition coefficient (Wildman–Crippen LogP) is 2.22. The van der Waals surface area contributed by atoms with Crippen LogP contribution < -0.4 is 10.4 Å². The lowest BCUT2D eigenvalue weighted by molar-refractivity contribution is -0.106. The Morgan fingerprint density at radius 2 is 1.91 bits per heavy atom. The topological polar surface area (TPSA) is 80.0 Å². The number of fused-ring (bicyclic) bond motifs is 3. The lowest BCUT2D eigenvalue weighted by Crippen LogP contribution is -2.53. The van der Waals surface area contributed by atoms with Crippen molar-refractivity contribution in [2.45, 2.75) is 39.0 Å². The van der Waals surface area contributed by atoms with Crippen LogP contribution >= 0.6 is 0 Å². The van der Waals surface area contributed by atoms with Gasteiger partial charge in [-0.2, -0.15) is 0 Å². The van der Waals surface area contributed by atoms with Gasteiger partial charge in [0.05, 0.1) is 12.7 Å². The van der Waals surface area contributed by atoms with Gasteiger partial charge in [-0.05, 0) is 33.8 Å². The molecule has 0 spiro atoms. The second-order valence-corrected chi connectivity index (χ2v) is 6.81. The lowest BCUT2D eigenvalue weighted by Gasteiger charge is -2.40. The fourth-order valence-corrected chi connectivity index (χ4v) is 3.39. The maximum atomic E-state index is 13.0. The number of benzene rings is 1. The van der Waals surface area contributed by atoms with E-state index in [4.69, 9.17) is 9.15 Å². The van der Waals surface area contributed by atoms with E-state index in [2.05, 4.69) is 0 Å². The Morgan fingerprint density at radius 3 is 2.48 bits per heavy atom. The Balaban J connectivity index is 2.46. The fourth-order valence-electron chi connectivity index (χ4n) is 3.39. The number of rotatable bonds is 1. The number of hydrogen-bond donors (Lipinski definition) is 1. The van der Waals surface area contributed by atoms with Gasteiger partial charge in [-0.15, -0.1) is 0 Å². The Morgan fingerprint density at radius 1 is 1.26 bits per heavy atom. The first-order valence-electron chi connectivity index (χ1n) is 7.32. The normalized spacial score (nSPS) is 21.0. The van der Waals surface area contributed by atoms with Gasteiger partial charge in [0.15, 0.2) is 17.1 Å². The van der Waals surface area contributed by atoms with E-state index < -0.39 is 22.8 Å². The van der Waals surface area contributed by atoms with E-state index in [1.165, 1.54) is 18.9 Å². The van der Waals surface area contributed by atoms with E-state index in [0.29, 0.717) is 11.1 Å². The summed E-state index contributed by atoms with van der Waals surface area (Å²) in [6.45, 7) is 6.84. The van der Waals surface area contributed by atoms with Crippen LogP contribution in [0.5, 0.6) is 5.75 Å². The second kappa shape index (κ2) is 4.58. The third kappa shape index (κ3) is 1.98. The van der Waals surface area contributed by atoms with Gasteiger partial charge in [-0.3, -0.25) is 4.79 Å². The van der Waals surface area contributed by atoms with Crippen molar-refractivity contribution < 1.29 is 19.1 Å². The molecule has 1 N–H and O–H groups in total. The van der Waals surface area contributed by atoms with Crippen LogP contribution in [0.2, 0.25) is 0 Å². The summed E-state index contributed by atoms with van der Waals surface area (Å²) < 4.78 is 10.6. The summed E-state index contributed by atoms with van der Waals surface area (Å²) in [5, 5.41) is 11.3. The second-order valence-electron chi connectivity index (χ2n) is 6.81. The number of para-hydroxylation sites is 1. The molecule has 122 valence electrons. The minimum atomic E-state index is -1.73. The van der Waals surface area contributed by atoms with Crippen molar-refractivity contribution in [3.05, 3.63) is 39.7 Å². The average molecular weight is 317 g/mol. The zero-order valence-electron chi connectivity index (χ0n) is 13.8.